The molecule has 3 amide bonds. The van der Waals surface area contributed by atoms with Gasteiger partial charge in [-0.2, -0.15) is 0 Å². The Balaban J connectivity index is 1.33. The van der Waals surface area contributed by atoms with Crippen LogP contribution in [0.4, 0.5) is 10.5 Å². The number of anilines is 1. The number of piperidine rings is 1. The highest BCUT2D eigenvalue weighted by Gasteiger charge is 2.33. The van der Waals surface area contributed by atoms with Crippen molar-refractivity contribution >= 4 is 17.6 Å². The van der Waals surface area contributed by atoms with E-state index in [4.69, 9.17) is 14.2 Å². The zero-order valence-corrected chi connectivity index (χ0v) is 18.3. The van der Waals surface area contributed by atoms with Crippen molar-refractivity contribution in [1.29, 1.82) is 0 Å². The summed E-state index contributed by atoms with van der Waals surface area (Å²) in [5.74, 6) is 1.28. The number of ether oxygens (including phenoxy) is 3. The van der Waals surface area contributed by atoms with Gasteiger partial charge in [0, 0.05) is 37.7 Å². The van der Waals surface area contributed by atoms with E-state index < -0.39 is 0 Å². The predicted octanol–water partition coefficient (Wildman–Crippen LogP) is 1.81. The lowest BCUT2D eigenvalue weighted by Gasteiger charge is -2.33. The summed E-state index contributed by atoms with van der Waals surface area (Å²) < 4.78 is 16.3. The molecule has 3 heterocycles. The Bertz CT molecular complexity index is 954. The van der Waals surface area contributed by atoms with Crippen LogP contribution < -0.4 is 19.1 Å². The van der Waals surface area contributed by atoms with Crippen molar-refractivity contribution in [2.45, 2.75) is 18.9 Å². The monoisotopic (exact) mass is 441 g/mol. The summed E-state index contributed by atoms with van der Waals surface area (Å²) in [6.07, 6.45) is 4.48. The molecule has 1 unspecified atom stereocenters. The summed E-state index contributed by atoms with van der Waals surface area (Å²) in [7, 11) is 3.11. The largest absolute Gasteiger partial charge is 0.497 e. The van der Waals surface area contributed by atoms with Gasteiger partial charge in [-0.05, 0) is 37.1 Å². The second kappa shape index (κ2) is 9.71. The molecule has 2 aliphatic rings. The Labute approximate surface area is 186 Å². The Hall–Kier alpha value is -3.56. The first kappa shape index (κ1) is 21.7. The number of likely N-dealkylation sites (tertiary alicyclic amines) is 1. The molecule has 2 fully saturated rings. The van der Waals surface area contributed by atoms with Crippen molar-refractivity contribution in [2.24, 2.45) is 0 Å². The molecule has 0 bridgehead atoms. The average Bonchev–Trinajstić information content (AvgIpc) is 3.19. The van der Waals surface area contributed by atoms with Crippen LogP contribution in [0.1, 0.15) is 12.8 Å². The third-order valence-corrected chi connectivity index (χ3v) is 5.64. The van der Waals surface area contributed by atoms with Crippen LogP contribution in [-0.2, 0) is 4.79 Å². The molecule has 0 saturated carbocycles. The van der Waals surface area contributed by atoms with Crippen molar-refractivity contribution in [2.75, 3.05) is 51.8 Å². The van der Waals surface area contributed by atoms with Crippen LogP contribution in [0.5, 0.6) is 17.5 Å². The van der Waals surface area contributed by atoms with Gasteiger partial charge in [-0.3, -0.25) is 9.69 Å². The van der Waals surface area contributed by atoms with Crippen LogP contribution in [0.15, 0.2) is 36.7 Å². The van der Waals surface area contributed by atoms with E-state index in [1.54, 1.807) is 21.8 Å². The third kappa shape index (κ3) is 4.68. The SMILES string of the molecule is COc1ccc(N2CCN(CC(=O)N3CCCC(Oc4nccnc4OC)C3)C2=O)cc1. The summed E-state index contributed by atoms with van der Waals surface area (Å²) in [6, 6.07) is 7.15. The molecule has 0 radical (unpaired) electrons. The van der Waals surface area contributed by atoms with E-state index in [9.17, 15) is 9.59 Å². The quantitative estimate of drug-likeness (QED) is 0.646. The number of hydrogen-bond acceptors (Lipinski definition) is 7. The summed E-state index contributed by atoms with van der Waals surface area (Å²) in [5, 5.41) is 0. The highest BCUT2D eigenvalue weighted by molar-refractivity contribution is 5.96. The Kier molecular flexibility index (Phi) is 6.58. The predicted molar refractivity (Wildman–Crippen MR) is 116 cm³/mol. The molecule has 10 nitrogen and oxygen atoms in total. The summed E-state index contributed by atoms with van der Waals surface area (Å²) in [4.78, 5) is 39.1. The van der Waals surface area contributed by atoms with E-state index in [2.05, 4.69) is 9.97 Å². The van der Waals surface area contributed by atoms with Crippen LogP contribution >= 0.6 is 0 Å². The Morgan fingerprint density at radius 3 is 2.50 bits per heavy atom. The number of amides is 3. The topological polar surface area (TPSA) is 97.3 Å². The highest BCUT2D eigenvalue weighted by Crippen LogP contribution is 2.25. The second-order valence-corrected chi connectivity index (χ2v) is 7.65. The van der Waals surface area contributed by atoms with Gasteiger partial charge in [0.15, 0.2) is 0 Å². The number of aromatic nitrogens is 2. The Morgan fingerprint density at radius 2 is 1.78 bits per heavy atom. The number of methoxy groups -OCH3 is 2. The van der Waals surface area contributed by atoms with Gasteiger partial charge in [0.25, 0.3) is 11.8 Å². The number of nitrogens with zero attached hydrogens (tertiary/aromatic N) is 5. The maximum absolute atomic E-state index is 12.9. The van der Waals surface area contributed by atoms with Gasteiger partial charge in [0.05, 0.1) is 20.8 Å². The molecular weight excluding hydrogens is 414 g/mol. The summed E-state index contributed by atoms with van der Waals surface area (Å²) in [6.45, 7) is 2.16. The minimum Gasteiger partial charge on any atom is -0.497 e. The molecular formula is C22H27N5O5. The van der Waals surface area contributed by atoms with Crippen LogP contribution in [0.2, 0.25) is 0 Å². The van der Waals surface area contributed by atoms with Gasteiger partial charge in [0.1, 0.15) is 18.4 Å². The summed E-state index contributed by atoms with van der Waals surface area (Å²) >= 11 is 0. The van der Waals surface area contributed by atoms with Crippen LogP contribution in [0.25, 0.3) is 0 Å². The van der Waals surface area contributed by atoms with Gasteiger partial charge in [-0.15, -0.1) is 0 Å². The zero-order chi connectivity index (χ0) is 22.5. The van der Waals surface area contributed by atoms with E-state index in [-0.39, 0.29) is 24.6 Å². The van der Waals surface area contributed by atoms with Crippen molar-refractivity contribution in [3.63, 3.8) is 0 Å². The van der Waals surface area contributed by atoms with Gasteiger partial charge in [0.2, 0.25) is 5.91 Å². The fraction of sp³-hybridized carbons (Fsp3) is 0.455. The number of rotatable bonds is 7. The molecule has 0 spiro atoms. The maximum atomic E-state index is 12.9. The first-order valence-corrected chi connectivity index (χ1v) is 10.6. The molecule has 170 valence electrons. The molecule has 10 heteroatoms. The average molecular weight is 441 g/mol. The van der Waals surface area contributed by atoms with Crippen LogP contribution in [-0.4, -0.2) is 84.8 Å². The van der Waals surface area contributed by atoms with Gasteiger partial charge < -0.3 is 24.0 Å². The first-order chi connectivity index (χ1) is 15.6. The van der Waals surface area contributed by atoms with Crippen molar-refractivity contribution in [1.82, 2.24) is 19.8 Å². The normalized spacial score (nSPS) is 18.6. The lowest BCUT2D eigenvalue weighted by Crippen LogP contribution is -2.48. The third-order valence-electron chi connectivity index (χ3n) is 5.64. The first-order valence-electron chi connectivity index (χ1n) is 10.6. The van der Waals surface area contributed by atoms with Crippen LogP contribution in [0, 0.1) is 0 Å². The van der Waals surface area contributed by atoms with Crippen molar-refractivity contribution in [3.8, 4) is 17.5 Å². The van der Waals surface area contributed by atoms with E-state index in [1.807, 2.05) is 24.3 Å². The number of benzene rings is 1. The molecule has 0 N–H and O–H groups in total. The van der Waals surface area contributed by atoms with E-state index >= 15 is 0 Å². The molecule has 0 aliphatic carbocycles. The lowest BCUT2D eigenvalue weighted by atomic mass is 10.1. The fourth-order valence-electron chi connectivity index (χ4n) is 3.95. The van der Waals surface area contributed by atoms with E-state index in [1.165, 1.54) is 19.5 Å². The Morgan fingerprint density at radius 1 is 1.03 bits per heavy atom. The number of hydrogen-bond donors (Lipinski definition) is 0. The fourth-order valence-corrected chi connectivity index (χ4v) is 3.95. The molecule has 4 rings (SSSR count). The molecule has 2 saturated heterocycles. The summed E-state index contributed by atoms with van der Waals surface area (Å²) in [5.41, 5.74) is 0.787. The minimum atomic E-state index is -0.205. The molecule has 1 aromatic heterocycles. The highest BCUT2D eigenvalue weighted by atomic mass is 16.5. The van der Waals surface area contributed by atoms with Crippen molar-refractivity contribution < 1.29 is 23.8 Å². The molecule has 32 heavy (non-hydrogen) atoms. The lowest BCUT2D eigenvalue weighted by molar-refractivity contribution is -0.134. The number of carbonyl (C=O) groups excluding carboxylic acids is 2. The van der Waals surface area contributed by atoms with Gasteiger partial charge in [-0.1, -0.05) is 0 Å². The standard InChI is InChI=1S/C22H27N5O5/c1-30-17-7-5-16(6-8-17)27-13-12-26(22(27)29)15-19(28)25-11-3-4-18(14-25)32-21-20(31-2)23-9-10-24-21/h5-10,18H,3-4,11-15H2,1-2H3. The molecule has 1 atom stereocenters. The number of urea groups is 1. The van der Waals surface area contributed by atoms with Gasteiger partial charge >= 0.3 is 6.03 Å². The zero-order valence-electron chi connectivity index (χ0n) is 18.3. The molecule has 2 aliphatic heterocycles. The maximum Gasteiger partial charge on any atom is 0.325 e. The van der Waals surface area contributed by atoms with Gasteiger partial charge in [-0.25, -0.2) is 14.8 Å². The second-order valence-electron chi connectivity index (χ2n) is 7.65. The van der Waals surface area contributed by atoms with Crippen LogP contribution in [0.3, 0.4) is 0 Å². The molecule has 1 aromatic carbocycles. The molecule has 2 aromatic rings. The smallest absolute Gasteiger partial charge is 0.325 e. The number of carbonyl (C=O) groups is 2. The van der Waals surface area contributed by atoms with E-state index in [0.717, 1.165) is 24.3 Å². The minimum absolute atomic E-state index is 0.0483. The van der Waals surface area contributed by atoms with E-state index in [0.29, 0.717) is 37.9 Å². The van der Waals surface area contributed by atoms with Crippen molar-refractivity contribution in [3.05, 3.63) is 36.7 Å².